The lowest BCUT2D eigenvalue weighted by Gasteiger charge is -2.34. The van der Waals surface area contributed by atoms with Crippen molar-refractivity contribution in [3.05, 3.63) is 54.4 Å². The Labute approximate surface area is 226 Å². The van der Waals surface area contributed by atoms with Crippen LogP contribution in [-0.2, 0) is 0 Å². The van der Waals surface area contributed by atoms with E-state index < -0.39 is 0 Å². The van der Waals surface area contributed by atoms with Gasteiger partial charge in [-0.25, -0.2) is 0 Å². The van der Waals surface area contributed by atoms with E-state index in [1.54, 1.807) is 18.3 Å². The van der Waals surface area contributed by atoms with Crippen LogP contribution in [0.5, 0.6) is 5.75 Å². The van der Waals surface area contributed by atoms with Crippen molar-refractivity contribution in [2.75, 3.05) is 43.4 Å². The standard InChI is InChI=1S/C28H33N9O2/c29-27-26-24(16-22(33-34-26)21-3-1-2-4-25(21)38)37(35-27)19-8-13-36(14-9-19)20-7-12-31-23(15-20)28(39)32-17-18-5-10-30-11-6-18/h1-4,7,12,15-16,18-19,30,38H,5-6,8-11,13-14,17H2,(H2,29,35)(H,32,39). The molecule has 0 spiro atoms. The lowest BCUT2D eigenvalue weighted by molar-refractivity contribution is 0.0939. The summed E-state index contributed by atoms with van der Waals surface area (Å²) in [5, 5.41) is 29.9. The van der Waals surface area contributed by atoms with Gasteiger partial charge in [0.05, 0.1) is 17.3 Å². The number of anilines is 2. The van der Waals surface area contributed by atoms with E-state index in [-0.39, 0.29) is 17.7 Å². The highest BCUT2D eigenvalue weighted by molar-refractivity contribution is 5.93. The molecule has 1 aromatic carbocycles. The highest BCUT2D eigenvalue weighted by atomic mass is 16.3. The topological polar surface area (TPSA) is 147 Å². The molecule has 0 saturated carbocycles. The summed E-state index contributed by atoms with van der Waals surface area (Å²) in [5.41, 5.74) is 10.2. The van der Waals surface area contributed by atoms with E-state index in [0.717, 1.165) is 63.1 Å². The second kappa shape index (κ2) is 10.9. The van der Waals surface area contributed by atoms with Gasteiger partial charge >= 0.3 is 0 Å². The van der Waals surface area contributed by atoms with Gasteiger partial charge in [0.2, 0.25) is 0 Å². The normalized spacial score (nSPS) is 17.0. The number of aromatic nitrogens is 5. The number of nitrogens with one attached hydrogen (secondary N) is 2. The average molecular weight is 528 g/mol. The predicted octanol–water partition coefficient (Wildman–Crippen LogP) is 2.75. The van der Waals surface area contributed by atoms with E-state index in [1.807, 2.05) is 35.0 Å². The first-order valence-electron chi connectivity index (χ1n) is 13.6. The number of nitrogens with two attached hydrogens (primary N) is 1. The Bertz CT molecular complexity index is 1470. The van der Waals surface area contributed by atoms with E-state index in [9.17, 15) is 9.90 Å². The molecule has 2 aliphatic heterocycles. The number of rotatable bonds is 6. The summed E-state index contributed by atoms with van der Waals surface area (Å²) >= 11 is 0. The van der Waals surface area contributed by atoms with Crippen molar-refractivity contribution in [2.45, 2.75) is 31.7 Å². The van der Waals surface area contributed by atoms with Crippen molar-refractivity contribution < 1.29 is 9.90 Å². The maximum Gasteiger partial charge on any atom is 0.269 e. The van der Waals surface area contributed by atoms with Crippen LogP contribution in [0.2, 0.25) is 0 Å². The molecular formula is C28H33N9O2. The molecule has 0 unspecified atom stereocenters. The second-order valence-corrected chi connectivity index (χ2v) is 10.3. The number of piperidine rings is 2. The fourth-order valence-electron chi connectivity index (χ4n) is 5.58. The maximum absolute atomic E-state index is 12.8. The first-order valence-corrected chi connectivity index (χ1v) is 13.6. The molecule has 2 fully saturated rings. The molecule has 3 aromatic heterocycles. The molecule has 39 heavy (non-hydrogen) atoms. The Morgan fingerprint density at radius 1 is 1.08 bits per heavy atom. The summed E-state index contributed by atoms with van der Waals surface area (Å²) < 4.78 is 1.95. The second-order valence-electron chi connectivity index (χ2n) is 10.3. The van der Waals surface area contributed by atoms with Crippen LogP contribution in [0.3, 0.4) is 0 Å². The Morgan fingerprint density at radius 3 is 2.67 bits per heavy atom. The zero-order valence-electron chi connectivity index (χ0n) is 21.8. The van der Waals surface area contributed by atoms with Crippen molar-refractivity contribution in [3.8, 4) is 17.0 Å². The summed E-state index contributed by atoms with van der Waals surface area (Å²) in [5.74, 6) is 0.892. The fraction of sp³-hybridized carbons (Fsp3) is 0.393. The van der Waals surface area contributed by atoms with Gasteiger partial charge in [-0.1, -0.05) is 12.1 Å². The lowest BCUT2D eigenvalue weighted by atomic mass is 9.98. The van der Waals surface area contributed by atoms with Crippen LogP contribution < -0.4 is 21.3 Å². The number of phenols is 1. The predicted molar refractivity (Wildman–Crippen MR) is 149 cm³/mol. The number of para-hydroxylation sites is 1. The quantitative estimate of drug-likeness (QED) is 0.297. The van der Waals surface area contributed by atoms with Gasteiger partial charge in [0.1, 0.15) is 11.4 Å². The summed E-state index contributed by atoms with van der Waals surface area (Å²) in [6.07, 6.45) is 5.58. The van der Waals surface area contributed by atoms with Gasteiger partial charge < -0.3 is 26.4 Å². The van der Waals surface area contributed by atoms with Crippen LogP contribution in [-0.4, -0.2) is 68.7 Å². The van der Waals surface area contributed by atoms with Crippen LogP contribution in [0.1, 0.15) is 42.2 Å². The number of nitrogens with zero attached hydrogens (tertiary/aromatic N) is 6. The molecule has 2 aliphatic rings. The van der Waals surface area contributed by atoms with Crippen molar-refractivity contribution >= 4 is 28.4 Å². The highest BCUT2D eigenvalue weighted by Gasteiger charge is 2.25. The minimum atomic E-state index is -0.120. The van der Waals surface area contributed by atoms with E-state index in [2.05, 4.69) is 35.8 Å². The average Bonchev–Trinajstić information content (AvgIpc) is 3.32. The van der Waals surface area contributed by atoms with E-state index in [4.69, 9.17) is 5.73 Å². The van der Waals surface area contributed by atoms with Crippen LogP contribution in [0, 0.1) is 5.92 Å². The molecule has 1 amide bonds. The lowest BCUT2D eigenvalue weighted by Crippen LogP contribution is -2.37. The summed E-state index contributed by atoms with van der Waals surface area (Å²) in [7, 11) is 0. The molecule has 0 atom stereocenters. The smallest absolute Gasteiger partial charge is 0.269 e. The van der Waals surface area contributed by atoms with Crippen molar-refractivity contribution in [1.82, 2.24) is 35.6 Å². The molecule has 6 rings (SSSR count). The van der Waals surface area contributed by atoms with Gasteiger partial charge in [-0.2, -0.15) is 5.10 Å². The molecule has 11 heteroatoms. The number of carbonyl (C=O) groups excluding carboxylic acids is 1. The molecule has 5 N–H and O–H groups in total. The van der Waals surface area contributed by atoms with Gasteiger partial charge in [0.25, 0.3) is 5.91 Å². The first-order chi connectivity index (χ1) is 19.1. The Kier molecular flexibility index (Phi) is 6.97. The van der Waals surface area contributed by atoms with Crippen LogP contribution in [0.15, 0.2) is 48.7 Å². The monoisotopic (exact) mass is 527 g/mol. The largest absolute Gasteiger partial charge is 0.507 e. The zero-order valence-corrected chi connectivity index (χ0v) is 21.8. The van der Waals surface area contributed by atoms with Crippen LogP contribution in [0.25, 0.3) is 22.3 Å². The van der Waals surface area contributed by atoms with Crippen molar-refractivity contribution in [2.24, 2.45) is 5.92 Å². The number of carbonyl (C=O) groups is 1. The minimum Gasteiger partial charge on any atom is -0.507 e. The molecular weight excluding hydrogens is 494 g/mol. The number of pyridine rings is 1. The molecule has 0 radical (unpaired) electrons. The van der Waals surface area contributed by atoms with Gasteiger partial charge in [0, 0.05) is 37.1 Å². The summed E-state index contributed by atoms with van der Waals surface area (Å²) in [6, 6.07) is 12.9. The minimum absolute atomic E-state index is 0.120. The van der Waals surface area contributed by atoms with Crippen molar-refractivity contribution in [3.63, 3.8) is 0 Å². The molecule has 202 valence electrons. The van der Waals surface area contributed by atoms with Gasteiger partial charge in [-0.05, 0) is 75.0 Å². The Hall–Kier alpha value is -4.25. The number of aromatic hydroxyl groups is 1. The third-order valence-corrected chi connectivity index (χ3v) is 7.82. The highest BCUT2D eigenvalue weighted by Crippen LogP contribution is 2.33. The third kappa shape index (κ3) is 5.22. The number of fused-ring (bicyclic) bond motifs is 1. The maximum atomic E-state index is 12.8. The molecule has 0 aliphatic carbocycles. The van der Waals surface area contributed by atoms with Crippen LogP contribution in [0.4, 0.5) is 11.5 Å². The number of nitrogen functional groups attached to an aromatic ring is 1. The fourth-order valence-corrected chi connectivity index (χ4v) is 5.58. The van der Waals surface area contributed by atoms with Crippen LogP contribution >= 0.6 is 0 Å². The van der Waals surface area contributed by atoms with Gasteiger partial charge in [-0.15, -0.1) is 10.2 Å². The summed E-state index contributed by atoms with van der Waals surface area (Å²) in [6.45, 7) is 4.31. The molecule has 2 saturated heterocycles. The number of phenolic OH excluding ortho intramolecular Hbond substituents is 1. The Morgan fingerprint density at radius 2 is 1.87 bits per heavy atom. The number of hydrogen-bond donors (Lipinski definition) is 4. The number of amides is 1. The third-order valence-electron chi connectivity index (χ3n) is 7.82. The summed E-state index contributed by atoms with van der Waals surface area (Å²) in [4.78, 5) is 19.4. The van der Waals surface area contributed by atoms with Gasteiger partial charge in [-0.3, -0.25) is 14.5 Å². The number of hydrogen-bond acceptors (Lipinski definition) is 9. The van der Waals surface area contributed by atoms with E-state index in [0.29, 0.717) is 40.7 Å². The van der Waals surface area contributed by atoms with Gasteiger partial charge in [0.15, 0.2) is 11.3 Å². The molecule has 5 heterocycles. The molecule has 11 nitrogen and oxygen atoms in total. The molecule has 4 aromatic rings. The zero-order chi connectivity index (χ0) is 26.8. The Balaban J connectivity index is 1.14. The first kappa shape index (κ1) is 25.1. The van der Waals surface area contributed by atoms with E-state index in [1.165, 1.54) is 0 Å². The number of benzene rings is 1. The SMILES string of the molecule is Nc1nn(C2CCN(c3ccnc(C(=O)NCC4CCNCC4)c3)CC2)c2cc(-c3ccccc3O)nnc12. The van der Waals surface area contributed by atoms with Crippen molar-refractivity contribution in [1.29, 1.82) is 0 Å². The molecule has 0 bridgehead atoms. The van der Waals surface area contributed by atoms with E-state index >= 15 is 0 Å².